The van der Waals surface area contributed by atoms with Gasteiger partial charge in [-0.05, 0) is 102 Å². The zero-order valence-electron chi connectivity index (χ0n) is 24.0. The molecule has 1 N–H and O–H groups in total. The van der Waals surface area contributed by atoms with E-state index in [2.05, 4.69) is 15.9 Å². The van der Waals surface area contributed by atoms with E-state index in [-0.39, 0.29) is 36.1 Å². The number of hydrogen-bond acceptors (Lipinski definition) is 7. The zero-order valence-corrected chi connectivity index (χ0v) is 27.1. The lowest BCUT2D eigenvalue weighted by molar-refractivity contribution is 0.0661. The highest BCUT2D eigenvalue weighted by molar-refractivity contribution is 9.10. The van der Waals surface area contributed by atoms with Gasteiger partial charge in [-0.3, -0.25) is 9.10 Å². The van der Waals surface area contributed by atoms with Crippen molar-refractivity contribution in [3.8, 4) is 0 Å². The molecule has 230 valence electrons. The highest BCUT2D eigenvalue weighted by atomic mass is 79.9. The largest absolute Gasteiger partial charge is 0.475 e. The van der Waals surface area contributed by atoms with Crippen molar-refractivity contribution >= 4 is 66.1 Å². The van der Waals surface area contributed by atoms with E-state index in [1.165, 1.54) is 27.6 Å². The van der Waals surface area contributed by atoms with Gasteiger partial charge in [0, 0.05) is 29.1 Å². The predicted molar refractivity (Wildman–Crippen MR) is 168 cm³/mol. The summed E-state index contributed by atoms with van der Waals surface area (Å²) in [5.41, 5.74) is 1.89. The highest BCUT2D eigenvalue weighted by Gasteiger charge is 2.31. The van der Waals surface area contributed by atoms with Gasteiger partial charge in [-0.1, -0.05) is 18.5 Å². The standard InChI is InChI=1S/C31H28BrClN2O8S/c1-4-22-26(12-11-24-28(22)18(3)29(43-24)31(37)38)44(39,40)35(5-2)23-10-8-20(33)15-19(23)16-34(17-21-9-13-27(32)42-21)30(36)25-7-6-14-41-25/h6-15H,4-5,16-17H2,1-3H3,(H,37,38). The minimum absolute atomic E-state index is 0.0255. The second-order valence-electron chi connectivity index (χ2n) is 9.92. The van der Waals surface area contributed by atoms with Crippen molar-refractivity contribution in [1.82, 2.24) is 4.90 Å². The molecule has 0 bridgehead atoms. The van der Waals surface area contributed by atoms with Crippen LogP contribution in [0.3, 0.4) is 0 Å². The summed E-state index contributed by atoms with van der Waals surface area (Å²) in [5, 5.41) is 10.4. The van der Waals surface area contributed by atoms with Gasteiger partial charge in [0.15, 0.2) is 10.4 Å². The lowest BCUT2D eigenvalue weighted by Crippen LogP contribution is -2.34. The van der Waals surface area contributed by atoms with Crippen molar-refractivity contribution in [3.63, 3.8) is 0 Å². The van der Waals surface area contributed by atoms with Crippen LogP contribution in [-0.2, 0) is 29.5 Å². The number of carbonyl (C=O) groups is 2. The van der Waals surface area contributed by atoms with Gasteiger partial charge in [-0.2, -0.15) is 0 Å². The van der Waals surface area contributed by atoms with Crippen LogP contribution in [-0.4, -0.2) is 36.8 Å². The van der Waals surface area contributed by atoms with E-state index in [0.717, 1.165) is 0 Å². The normalized spacial score (nSPS) is 11.7. The molecule has 2 aromatic carbocycles. The van der Waals surface area contributed by atoms with Gasteiger partial charge >= 0.3 is 5.97 Å². The summed E-state index contributed by atoms with van der Waals surface area (Å²) in [7, 11) is -4.20. The Kier molecular flexibility index (Phi) is 8.96. The number of hydrogen-bond donors (Lipinski definition) is 1. The smallest absolute Gasteiger partial charge is 0.372 e. The van der Waals surface area contributed by atoms with Crippen LogP contribution in [0, 0.1) is 6.92 Å². The first kappa shape index (κ1) is 31.4. The van der Waals surface area contributed by atoms with Crippen LogP contribution in [0.4, 0.5) is 5.69 Å². The number of nitrogens with zero attached hydrogens (tertiary/aromatic N) is 2. The first-order chi connectivity index (χ1) is 21.0. The van der Waals surface area contributed by atoms with Gasteiger partial charge in [0.1, 0.15) is 11.3 Å². The Morgan fingerprint density at radius 3 is 2.41 bits per heavy atom. The number of benzene rings is 2. The number of aryl methyl sites for hydroxylation is 2. The van der Waals surface area contributed by atoms with E-state index >= 15 is 0 Å². The fourth-order valence-electron chi connectivity index (χ4n) is 5.30. The van der Waals surface area contributed by atoms with E-state index in [9.17, 15) is 23.1 Å². The van der Waals surface area contributed by atoms with E-state index in [1.807, 2.05) is 0 Å². The van der Waals surface area contributed by atoms with E-state index < -0.39 is 21.9 Å². The number of halogens is 2. The molecule has 0 aliphatic carbocycles. The van der Waals surface area contributed by atoms with Crippen LogP contribution >= 0.6 is 27.5 Å². The molecular weight excluding hydrogens is 676 g/mol. The maximum absolute atomic E-state index is 14.4. The molecule has 3 heterocycles. The van der Waals surface area contributed by atoms with E-state index in [4.69, 9.17) is 24.9 Å². The summed E-state index contributed by atoms with van der Waals surface area (Å²) in [6.07, 6.45) is 1.70. The van der Waals surface area contributed by atoms with Gasteiger partial charge in [0.2, 0.25) is 5.76 Å². The van der Waals surface area contributed by atoms with E-state index in [1.54, 1.807) is 63.2 Å². The Labute approximate surface area is 267 Å². The van der Waals surface area contributed by atoms with Gasteiger partial charge in [0.05, 0.1) is 23.4 Å². The third-order valence-corrected chi connectivity index (χ3v) is 9.86. The fraction of sp³-hybridized carbons (Fsp3) is 0.226. The number of carboxylic acids is 1. The van der Waals surface area contributed by atoms with E-state index in [0.29, 0.717) is 55.2 Å². The van der Waals surface area contributed by atoms with Gasteiger partial charge in [0.25, 0.3) is 15.9 Å². The molecule has 0 saturated heterocycles. The molecular formula is C31H28BrClN2O8S. The van der Waals surface area contributed by atoms with Crippen molar-refractivity contribution < 1.29 is 36.4 Å². The minimum atomic E-state index is -4.20. The molecule has 0 spiro atoms. The lowest BCUT2D eigenvalue weighted by Gasteiger charge is -2.29. The summed E-state index contributed by atoms with van der Waals surface area (Å²) in [6, 6.07) is 14.3. The van der Waals surface area contributed by atoms with Crippen LogP contribution in [0.25, 0.3) is 11.0 Å². The highest BCUT2D eigenvalue weighted by Crippen LogP contribution is 2.37. The minimum Gasteiger partial charge on any atom is -0.475 e. The van der Waals surface area contributed by atoms with Gasteiger partial charge < -0.3 is 23.3 Å². The van der Waals surface area contributed by atoms with Crippen molar-refractivity contribution in [2.24, 2.45) is 0 Å². The fourth-order valence-corrected chi connectivity index (χ4v) is 7.65. The quantitative estimate of drug-likeness (QED) is 0.148. The molecule has 10 nitrogen and oxygen atoms in total. The number of furan rings is 3. The topological polar surface area (TPSA) is 134 Å². The van der Waals surface area contributed by atoms with Crippen molar-refractivity contribution in [2.75, 3.05) is 10.8 Å². The van der Waals surface area contributed by atoms with Crippen LogP contribution in [0.1, 0.15) is 57.4 Å². The zero-order chi connectivity index (χ0) is 31.8. The molecule has 5 aromatic rings. The molecule has 13 heteroatoms. The number of rotatable bonds is 11. The molecule has 0 aliphatic heterocycles. The predicted octanol–water partition coefficient (Wildman–Crippen LogP) is 7.66. The average Bonchev–Trinajstić information content (AvgIpc) is 3.74. The van der Waals surface area contributed by atoms with Gasteiger partial charge in [-0.25, -0.2) is 13.2 Å². The number of anilines is 1. The molecule has 0 fully saturated rings. The Morgan fingerprint density at radius 1 is 1.02 bits per heavy atom. The second kappa shape index (κ2) is 12.5. The lowest BCUT2D eigenvalue weighted by atomic mass is 10.0. The Balaban J connectivity index is 1.60. The first-order valence-electron chi connectivity index (χ1n) is 13.6. The monoisotopic (exact) mass is 702 g/mol. The number of amides is 1. The van der Waals surface area contributed by atoms with Crippen LogP contribution in [0.2, 0.25) is 5.02 Å². The Morgan fingerprint density at radius 2 is 1.80 bits per heavy atom. The van der Waals surface area contributed by atoms with Crippen molar-refractivity contribution in [3.05, 3.63) is 105 Å². The molecule has 44 heavy (non-hydrogen) atoms. The Bertz CT molecular complexity index is 1960. The number of fused-ring (bicyclic) bond motifs is 1. The maximum atomic E-state index is 14.4. The SMILES string of the molecule is CCc1c(S(=O)(=O)N(CC)c2ccc(Cl)cc2CN(Cc2ccc(Br)o2)C(=O)c2ccco2)ccc2oc(C(=O)O)c(C)c12. The molecule has 0 unspecified atom stereocenters. The summed E-state index contributed by atoms with van der Waals surface area (Å²) in [4.78, 5) is 26.8. The molecule has 3 aromatic heterocycles. The van der Waals surface area contributed by atoms with Crippen LogP contribution in [0.5, 0.6) is 0 Å². The third-order valence-electron chi connectivity index (χ3n) is 7.23. The van der Waals surface area contributed by atoms with Crippen molar-refractivity contribution in [1.29, 1.82) is 0 Å². The molecule has 0 radical (unpaired) electrons. The van der Waals surface area contributed by atoms with Gasteiger partial charge in [-0.15, -0.1) is 0 Å². The Hall–Kier alpha value is -4.00. The summed E-state index contributed by atoms with van der Waals surface area (Å²) in [6.45, 7) is 5.20. The second-order valence-corrected chi connectivity index (χ2v) is 13.0. The number of aromatic carboxylic acids is 1. The number of carbonyl (C=O) groups excluding carboxylic acids is 1. The summed E-state index contributed by atoms with van der Waals surface area (Å²) < 4.78 is 47.1. The molecule has 0 aliphatic rings. The number of sulfonamides is 1. The van der Waals surface area contributed by atoms with Crippen LogP contribution < -0.4 is 4.31 Å². The first-order valence-corrected chi connectivity index (χ1v) is 16.2. The number of carboxylic acid groups (broad SMARTS) is 1. The third kappa shape index (κ3) is 5.89. The van der Waals surface area contributed by atoms with Crippen molar-refractivity contribution in [2.45, 2.75) is 45.2 Å². The van der Waals surface area contributed by atoms with Crippen LogP contribution in [0.15, 0.2) is 83.7 Å². The summed E-state index contributed by atoms with van der Waals surface area (Å²) >= 11 is 9.69. The average molecular weight is 704 g/mol. The molecule has 5 rings (SSSR count). The molecule has 0 atom stereocenters. The summed E-state index contributed by atoms with van der Waals surface area (Å²) in [5.74, 6) is -1.29. The maximum Gasteiger partial charge on any atom is 0.372 e. The molecule has 1 amide bonds. The molecule has 0 saturated carbocycles.